The van der Waals surface area contributed by atoms with Crippen molar-refractivity contribution < 1.29 is 8.78 Å². The van der Waals surface area contributed by atoms with E-state index in [0.717, 1.165) is 25.3 Å². The van der Waals surface area contributed by atoms with Gasteiger partial charge in [0.25, 0.3) is 0 Å². The minimum atomic E-state index is -0.780. The molecule has 1 aliphatic rings. The van der Waals surface area contributed by atoms with Gasteiger partial charge in [-0.25, -0.2) is 13.5 Å². The highest BCUT2D eigenvalue weighted by atomic mass is 19.1. The van der Waals surface area contributed by atoms with Crippen molar-refractivity contribution in [2.45, 2.75) is 32.7 Å². The van der Waals surface area contributed by atoms with Gasteiger partial charge in [-0.3, -0.25) is 0 Å². The topological polar surface area (TPSA) is 69.6 Å². The number of aromatic nitrogens is 4. The van der Waals surface area contributed by atoms with E-state index >= 15 is 0 Å². The monoisotopic (exact) mass is 279 g/mol. The number of hydrogen-bond donors (Lipinski definition) is 1. The molecule has 3 rings (SSSR count). The third-order valence-electron chi connectivity index (χ3n) is 4.05. The van der Waals surface area contributed by atoms with Crippen molar-refractivity contribution in [1.29, 1.82) is 0 Å². The lowest BCUT2D eigenvalue weighted by Crippen LogP contribution is -2.14. The van der Waals surface area contributed by atoms with Crippen LogP contribution in [0.2, 0.25) is 0 Å². The van der Waals surface area contributed by atoms with E-state index < -0.39 is 11.6 Å². The molecule has 1 fully saturated rings. The van der Waals surface area contributed by atoms with Gasteiger partial charge in [-0.05, 0) is 41.2 Å². The number of rotatable bonds is 4. The van der Waals surface area contributed by atoms with Gasteiger partial charge in [-0.2, -0.15) is 0 Å². The number of halogens is 2. The molecule has 1 aromatic carbocycles. The number of anilines is 1. The Morgan fingerprint density at radius 3 is 2.70 bits per heavy atom. The van der Waals surface area contributed by atoms with Gasteiger partial charge in [0, 0.05) is 6.07 Å². The number of tetrazole rings is 1. The Labute approximate surface area is 114 Å². The SMILES string of the molecule is CCC1(Cn2nnnc2-c2cc(N)c(F)cc2F)CC1. The van der Waals surface area contributed by atoms with Crippen LogP contribution in [0.25, 0.3) is 11.4 Å². The van der Waals surface area contributed by atoms with Crippen LogP contribution in [0.3, 0.4) is 0 Å². The van der Waals surface area contributed by atoms with Crippen LogP contribution in [0.5, 0.6) is 0 Å². The Kier molecular flexibility index (Phi) is 2.92. The van der Waals surface area contributed by atoms with E-state index in [2.05, 4.69) is 22.4 Å². The molecule has 0 saturated heterocycles. The number of hydrogen-bond acceptors (Lipinski definition) is 4. The maximum absolute atomic E-state index is 13.9. The zero-order valence-electron chi connectivity index (χ0n) is 11.1. The third kappa shape index (κ3) is 2.13. The molecule has 2 N–H and O–H groups in total. The molecule has 20 heavy (non-hydrogen) atoms. The average molecular weight is 279 g/mol. The predicted molar refractivity (Wildman–Crippen MR) is 69.5 cm³/mol. The highest BCUT2D eigenvalue weighted by molar-refractivity contribution is 5.62. The molecule has 0 atom stereocenters. The lowest BCUT2D eigenvalue weighted by atomic mass is 10.0. The molecular weight excluding hydrogens is 264 g/mol. The molecule has 0 amide bonds. The fourth-order valence-electron chi connectivity index (χ4n) is 2.36. The summed E-state index contributed by atoms with van der Waals surface area (Å²) in [7, 11) is 0. The van der Waals surface area contributed by atoms with Crippen LogP contribution < -0.4 is 5.73 Å². The molecule has 1 heterocycles. The van der Waals surface area contributed by atoms with Gasteiger partial charge in [-0.15, -0.1) is 5.10 Å². The number of nitrogens with zero attached hydrogens (tertiary/aromatic N) is 4. The first-order valence-electron chi connectivity index (χ1n) is 6.56. The Balaban J connectivity index is 1.99. The van der Waals surface area contributed by atoms with Crippen LogP contribution >= 0.6 is 0 Å². The smallest absolute Gasteiger partial charge is 0.185 e. The van der Waals surface area contributed by atoms with Gasteiger partial charge >= 0.3 is 0 Å². The Bertz CT molecular complexity index is 648. The molecule has 5 nitrogen and oxygen atoms in total. The fourth-order valence-corrected chi connectivity index (χ4v) is 2.36. The standard InChI is InChI=1S/C13H15F2N5/c1-2-13(3-4-13)7-20-12(17-18-19-20)8-5-11(16)10(15)6-9(8)14/h5-6H,2-4,7,16H2,1H3. The maximum Gasteiger partial charge on any atom is 0.185 e. The van der Waals surface area contributed by atoms with Crippen LogP contribution in [-0.2, 0) is 6.54 Å². The normalized spacial score (nSPS) is 16.4. The largest absolute Gasteiger partial charge is 0.396 e. The fraction of sp³-hybridized carbons (Fsp3) is 0.462. The number of nitrogen functional groups attached to an aromatic ring is 1. The Hall–Kier alpha value is -2.05. The van der Waals surface area contributed by atoms with Crippen LogP contribution in [0.1, 0.15) is 26.2 Å². The maximum atomic E-state index is 13.9. The van der Waals surface area contributed by atoms with Crippen molar-refractivity contribution >= 4 is 5.69 Å². The molecule has 0 bridgehead atoms. The van der Waals surface area contributed by atoms with Gasteiger partial charge in [0.05, 0.1) is 17.8 Å². The molecular formula is C13H15F2N5. The molecule has 0 aliphatic heterocycles. The van der Waals surface area contributed by atoms with Gasteiger partial charge in [0.1, 0.15) is 11.6 Å². The molecule has 7 heteroatoms. The van der Waals surface area contributed by atoms with E-state index in [-0.39, 0.29) is 22.5 Å². The summed E-state index contributed by atoms with van der Waals surface area (Å²) in [6, 6.07) is 1.99. The molecule has 2 aromatic rings. The van der Waals surface area contributed by atoms with Crippen molar-refractivity contribution in [3.63, 3.8) is 0 Å². The summed E-state index contributed by atoms with van der Waals surface area (Å²) in [5.74, 6) is -1.21. The highest BCUT2D eigenvalue weighted by Crippen LogP contribution is 2.50. The minimum Gasteiger partial charge on any atom is -0.396 e. The third-order valence-corrected chi connectivity index (χ3v) is 4.05. The molecule has 0 spiro atoms. The molecule has 0 unspecified atom stereocenters. The van der Waals surface area contributed by atoms with Gasteiger partial charge in [0.15, 0.2) is 5.82 Å². The van der Waals surface area contributed by atoms with Gasteiger partial charge in [-0.1, -0.05) is 6.92 Å². The second kappa shape index (κ2) is 4.50. The van der Waals surface area contributed by atoms with Crippen LogP contribution in [0.15, 0.2) is 12.1 Å². The molecule has 1 aromatic heterocycles. The summed E-state index contributed by atoms with van der Waals surface area (Å²) < 4.78 is 28.7. The Morgan fingerprint density at radius 1 is 1.30 bits per heavy atom. The van der Waals surface area contributed by atoms with Crippen LogP contribution in [-0.4, -0.2) is 20.2 Å². The zero-order chi connectivity index (χ0) is 14.3. The molecule has 1 saturated carbocycles. The van der Waals surface area contributed by atoms with E-state index in [4.69, 9.17) is 5.73 Å². The van der Waals surface area contributed by atoms with E-state index in [1.54, 1.807) is 4.68 Å². The lowest BCUT2D eigenvalue weighted by Gasteiger charge is -2.13. The molecule has 106 valence electrons. The number of benzene rings is 1. The van der Waals surface area contributed by atoms with Crippen LogP contribution in [0.4, 0.5) is 14.5 Å². The van der Waals surface area contributed by atoms with E-state index in [9.17, 15) is 8.78 Å². The van der Waals surface area contributed by atoms with Crippen molar-refractivity contribution in [1.82, 2.24) is 20.2 Å². The highest BCUT2D eigenvalue weighted by Gasteiger charge is 2.42. The van der Waals surface area contributed by atoms with E-state index in [0.29, 0.717) is 6.54 Å². The van der Waals surface area contributed by atoms with Crippen molar-refractivity contribution in [2.75, 3.05) is 5.73 Å². The first-order valence-corrected chi connectivity index (χ1v) is 6.56. The van der Waals surface area contributed by atoms with Crippen LogP contribution in [0, 0.1) is 17.0 Å². The van der Waals surface area contributed by atoms with E-state index in [1.807, 2.05) is 0 Å². The van der Waals surface area contributed by atoms with E-state index in [1.165, 1.54) is 6.07 Å². The summed E-state index contributed by atoms with van der Waals surface area (Å²) in [6.07, 6.45) is 3.27. The van der Waals surface area contributed by atoms with Crippen molar-refractivity contribution in [3.8, 4) is 11.4 Å². The second-order valence-electron chi connectivity index (χ2n) is 5.37. The van der Waals surface area contributed by atoms with Crippen molar-refractivity contribution in [2.24, 2.45) is 5.41 Å². The quantitative estimate of drug-likeness (QED) is 0.872. The lowest BCUT2D eigenvalue weighted by molar-refractivity contribution is 0.382. The first kappa shape index (κ1) is 13.0. The summed E-state index contributed by atoms with van der Waals surface area (Å²) in [5.41, 5.74) is 5.71. The zero-order valence-corrected chi connectivity index (χ0v) is 11.1. The summed E-state index contributed by atoms with van der Waals surface area (Å²) in [5, 5.41) is 11.4. The second-order valence-corrected chi connectivity index (χ2v) is 5.37. The van der Waals surface area contributed by atoms with Crippen molar-refractivity contribution in [3.05, 3.63) is 23.8 Å². The first-order chi connectivity index (χ1) is 9.54. The Morgan fingerprint density at radius 2 is 2.05 bits per heavy atom. The number of nitrogens with two attached hydrogens (primary N) is 1. The average Bonchev–Trinajstić information content (AvgIpc) is 3.05. The summed E-state index contributed by atoms with van der Waals surface area (Å²) in [4.78, 5) is 0. The summed E-state index contributed by atoms with van der Waals surface area (Å²) in [6.45, 7) is 2.76. The molecule has 1 aliphatic carbocycles. The minimum absolute atomic E-state index is 0.118. The predicted octanol–water partition coefficient (Wildman–Crippen LogP) is 2.39. The van der Waals surface area contributed by atoms with Gasteiger partial charge < -0.3 is 5.73 Å². The van der Waals surface area contributed by atoms with Gasteiger partial charge in [0.2, 0.25) is 0 Å². The molecule has 0 radical (unpaired) electrons. The summed E-state index contributed by atoms with van der Waals surface area (Å²) >= 11 is 0.